The largest absolute Gasteiger partial charge is 0.444 e. The summed E-state index contributed by atoms with van der Waals surface area (Å²) in [5, 5.41) is 0. The predicted octanol–water partition coefficient (Wildman–Crippen LogP) is 3.04. The lowest BCUT2D eigenvalue weighted by atomic mass is 10.3. The Balaban J connectivity index is 0.000000461. The fourth-order valence-electron chi connectivity index (χ4n) is 0.622. The summed E-state index contributed by atoms with van der Waals surface area (Å²) in [6.07, 6.45) is 5.26. The molecule has 0 atom stereocenters. The Morgan fingerprint density at radius 1 is 1.45 bits per heavy atom. The van der Waals surface area contributed by atoms with E-state index in [0.717, 1.165) is 11.5 Å². The van der Waals surface area contributed by atoms with Gasteiger partial charge in [0.1, 0.15) is 5.76 Å². The lowest BCUT2D eigenvalue weighted by Gasteiger charge is -1.81. The number of oxazole rings is 1. The molecule has 0 bridgehead atoms. The molecule has 1 rings (SSSR count). The van der Waals surface area contributed by atoms with Gasteiger partial charge in [0, 0.05) is 0 Å². The van der Waals surface area contributed by atoms with Gasteiger partial charge < -0.3 is 4.42 Å². The molecular formula is C9H15NO. The van der Waals surface area contributed by atoms with Crippen LogP contribution in [0.1, 0.15) is 32.2 Å². The molecule has 0 aliphatic heterocycles. The SMILES string of the molecule is C/C=C\c1ocnc1C.CC. The normalized spacial score (nSPS) is 9.45. The van der Waals surface area contributed by atoms with Crippen molar-refractivity contribution in [2.45, 2.75) is 27.7 Å². The van der Waals surface area contributed by atoms with Crippen LogP contribution in [-0.2, 0) is 0 Å². The minimum Gasteiger partial charge on any atom is -0.444 e. The molecule has 0 aliphatic rings. The van der Waals surface area contributed by atoms with Gasteiger partial charge in [-0.1, -0.05) is 19.9 Å². The van der Waals surface area contributed by atoms with E-state index in [2.05, 4.69) is 4.98 Å². The Kier molecular flexibility index (Phi) is 5.17. The number of aromatic nitrogens is 1. The van der Waals surface area contributed by atoms with Gasteiger partial charge in [0.05, 0.1) is 5.69 Å². The van der Waals surface area contributed by atoms with Crippen LogP contribution in [0.3, 0.4) is 0 Å². The third-order valence-electron chi connectivity index (χ3n) is 1.10. The predicted molar refractivity (Wildman–Crippen MR) is 47.3 cm³/mol. The van der Waals surface area contributed by atoms with Gasteiger partial charge in [-0.05, 0) is 19.9 Å². The van der Waals surface area contributed by atoms with E-state index >= 15 is 0 Å². The Bertz CT molecular complexity index is 213. The molecule has 1 aromatic rings. The monoisotopic (exact) mass is 153 g/mol. The fraction of sp³-hybridized carbons (Fsp3) is 0.444. The van der Waals surface area contributed by atoms with E-state index in [0.29, 0.717) is 0 Å². The zero-order valence-corrected chi connectivity index (χ0v) is 7.59. The minimum atomic E-state index is 0.845. The molecular weight excluding hydrogens is 138 g/mol. The van der Waals surface area contributed by atoms with Crippen LogP contribution in [0.2, 0.25) is 0 Å². The van der Waals surface area contributed by atoms with Crippen LogP contribution in [0, 0.1) is 6.92 Å². The van der Waals surface area contributed by atoms with Gasteiger partial charge in [-0.3, -0.25) is 0 Å². The maximum Gasteiger partial charge on any atom is 0.181 e. The van der Waals surface area contributed by atoms with E-state index in [4.69, 9.17) is 4.42 Å². The summed E-state index contributed by atoms with van der Waals surface area (Å²) in [6, 6.07) is 0. The summed E-state index contributed by atoms with van der Waals surface area (Å²) < 4.78 is 5.01. The van der Waals surface area contributed by atoms with Crippen molar-refractivity contribution in [3.63, 3.8) is 0 Å². The maximum absolute atomic E-state index is 5.01. The van der Waals surface area contributed by atoms with Crippen molar-refractivity contribution in [1.82, 2.24) is 4.98 Å². The molecule has 0 spiro atoms. The lowest BCUT2D eigenvalue weighted by molar-refractivity contribution is 0.547. The van der Waals surface area contributed by atoms with Gasteiger partial charge in [-0.25, -0.2) is 4.98 Å². The molecule has 1 heterocycles. The molecule has 2 nitrogen and oxygen atoms in total. The number of hydrogen-bond acceptors (Lipinski definition) is 2. The van der Waals surface area contributed by atoms with Gasteiger partial charge in [-0.15, -0.1) is 0 Å². The minimum absolute atomic E-state index is 0.845. The van der Waals surface area contributed by atoms with Crippen molar-refractivity contribution in [2.75, 3.05) is 0 Å². The maximum atomic E-state index is 5.01. The summed E-state index contributed by atoms with van der Waals surface area (Å²) >= 11 is 0. The third-order valence-corrected chi connectivity index (χ3v) is 1.10. The standard InChI is InChI=1S/C7H9NO.C2H6/c1-3-4-7-6(2)8-5-9-7;1-2/h3-5H,1-2H3;1-2H3/b4-3-;. The van der Waals surface area contributed by atoms with Crippen molar-refractivity contribution in [1.29, 1.82) is 0 Å². The van der Waals surface area contributed by atoms with Crippen LogP contribution in [0.15, 0.2) is 16.9 Å². The third kappa shape index (κ3) is 3.03. The smallest absolute Gasteiger partial charge is 0.181 e. The van der Waals surface area contributed by atoms with Gasteiger partial charge in [-0.2, -0.15) is 0 Å². The molecule has 0 unspecified atom stereocenters. The number of rotatable bonds is 1. The van der Waals surface area contributed by atoms with Gasteiger partial charge >= 0.3 is 0 Å². The molecule has 0 saturated carbocycles. The Hall–Kier alpha value is -1.05. The highest BCUT2D eigenvalue weighted by Gasteiger charge is 1.94. The molecule has 0 N–H and O–H groups in total. The number of hydrogen-bond donors (Lipinski definition) is 0. The quantitative estimate of drug-likeness (QED) is 0.619. The molecule has 2 heteroatoms. The molecule has 0 radical (unpaired) electrons. The number of allylic oxidation sites excluding steroid dienone is 1. The summed E-state index contributed by atoms with van der Waals surface area (Å²) in [7, 11) is 0. The Labute approximate surface area is 68.0 Å². The number of nitrogens with zero attached hydrogens (tertiary/aromatic N) is 1. The second kappa shape index (κ2) is 5.71. The average Bonchev–Trinajstić information content (AvgIpc) is 2.42. The average molecular weight is 153 g/mol. The highest BCUT2D eigenvalue weighted by molar-refractivity contribution is 5.43. The zero-order valence-electron chi connectivity index (χ0n) is 7.59. The summed E-state index contributed by atoms with van der Waals surface area (Å²) in [4.78, 5) is 3.92. The first-order chi connectivity index (χ1) is 5.34. The van der Waals surface area contributed by atoms with Crippen molar-refractivity contribution in [3.8, 4) is 0 Å². The summed E-state index contributed by atoms with van der Waals surface area (Å²) in [5.41, 5.74) is 0.938. The summed E-state index contributed by atoms with van der Waals surface area (Å²) in [5.74, 6) is 0.845. The first-order valence-electron chi connectivity index (χ1n) is 3.87. The highest BCUT2D eigenvalue weighted by Crippen LogP contribution is 2.05. The van der Waals surface area contributed by atoms with Crippen LogP contribution in [-0.4, -0.2) is 4.98 Å². The van der Waals surface area contributed by atoms with Gasteiger partial charge in [0.2, 0.25) is 0 Å². The van der Waals surface area contributed by atoms with E-state index in [9.17, 15) is 0 Å². The van der Waals surface area contributed by atoms with E-state index in [-0.39, 0.29) is 0 Å². The van der Waals surface area contributed by atoms with E-state index < -0.39 is 0 Å². The van der Waals surface area contributed by atoms with Crippen molar-refractivity contribution < 1.29 is 4.42 Å². The molecule has 0 aliphatic carbocycles. The van der Waals surface area contributed by atoms with E-state index in [1.165, 1.54) is 6.39 Å². The summed E-state index contributed by atoms with van der Waals surface area (Å²) in [6.45, 7) is 7.86. The number of aryl methyl sites for hydroxylation is 1. The Morgan fingerprint density at radius 3 is 2.45 bits per heavy atom. The van der Waals surface area contributed by atoms with Crippen LogP contribution >= 0.6 is 0 Å². The molecule has 0 amide bonds. The molecule has 0 fully saturated rings. The van der Waals surface area contributed by atoms with Crippen LogP contribution in [0.4, 0.5) is 0 Å². The zero-order chi connectivity index (χ0) is 8.69. The topological polar surface area (TPSA) is 26.0 Å². The molecule has 0 saturated heterocycles. The molecule has 0 aromatic carbocycles. The van der Waals surface area contributed by atoms with Crippen molar-refractivity contribution >= 4 is 6.08 Å². The second-order valence-corrected chi connectivity index (χ2v) is 1.80. The van der Waals surface area contributed by atoms with Crippen LogP contribution in [0.25, 0.3) is 6.08 Å². The lowest BCUT2D eigenvalue weighted by Crippen LogP contribution is -1.71. The van der Waals surface area contributed by atoms with Gasteiger partial charge in [0.25, 0.3) is 0 Å². The Morgan fingerprint density at radius 2 is 2.09 bits per heavy atom. The first-order valence-corrected chi connectivity index (χ1v) is 3.87. The van der Waals surface area contributed by atoms with Crippen LogP contribution in [0.5, 0.6) is 0 Å². The molecule has 62 valence electrons. The first kappa shape index (κ1) is 9.95. The van der Waals surface area contributed by atoms with Crippen molar-refractivity contribution in [2.24, 2.45) is 0 Å². The fourth-order valence-corrected chi connectivity index (χ4v) is 0.622. The highest BCUT2D eigenvalue weighted by atomic mass is 16.3. The van der Waals surface area contributed by atoms with Crippen LogP contribution < -0.4 is 0 Å². The van der Waals surface area contributed by atoms with Crippen molar-refractivity contribution in [3.05, 3.63) is 23.9 Å². The molecule has 1 aromatic heterocycles. The van der Waals surface area contributed by atoms with E-state index in [1.807, 2.05) is 39.8 Å². The van der Waals surface area contributed by atoms with E-state index in [1.54, 1.807) is 0 Å². The van der Waals surface area contributed by atoms with Gasteiger partial charge in [0.15, 0.2) is 6.39 Å². The second-order valence-electron chi connectivity index (χ2n) is 1.80. The molecule has 11 heavy (non-hydrogen) atoms.